The number of nitrogens with one attached hydrogen (secondary N) is 1. The van der Waals surface area contributed by atoms with Gasteiger partial charge in [0.05, 0.1) is 14.2 Å². The first-order valence-corrected chi connectivity index (χ1v) is 4.82. The van der Waals surface area contributed by atoms with E-state index < -0.39 is 7.25 Å². The normalized spacial score (nSPS) is 19.6. The molecule has 1 aliphatic heterocycles. The van der Waals surface area contributed by atoms with Crippen LogP contribution < -0.4 is 4.90 Å². The first-order chi connectivity index (χ1) is 7.27. The van der Waals surface area contributed by atoms with Gasteiger partial charge in [-0.15, -0.1) is 0 Å². The second kappa shape index (κ2) is 6.52. The summed E-state index contributed by atoms with van der Waals surface area (Å²) < 4.78 is 44.0. The quantitative estimate of drug-likeness (QED) is 0.588. The smallest absolute Gasteiger partial charge is 0.477 e. The number of hydrogen-bond donors (Lipinski definition) is 1. The monoisotopic (exact) mass is 242 g/mol. The van der Waals surface area contributed by atoms with Gasteiger partial charge >= 0.3 is 7.25 Å². The fraction of sp³-hybridized carbons (Fsp3) is 0.625. The minimum atomic E-state index is -6.00. The molecule has 0 aliphatic carbocycles. The Morgan fingerprint density at radius 1 is 1.38 bits per heavy atom. The Kier molecular flexibility index (Phi) is 6.09. The Bertz CT molecular complexity index is 272. The molecule has 16 heavy (non-hydrogen) atoms. The molecule has 0 saturated carbocycles. The fourth-order valence-electron chi connectivity index (χ4n) is 1.12. The number of amidine groups is 1. The largest absolute Gasteiger partial charge is 0.673 e. The lowest BCUT2D eigenvalue weighted by molar-refractivity contribution is -0.720. The zero-order valence-corrected chi connectivity index (χ0v) is 9.44. The third-order valence-electron chi connectivity index (χ3n) is 1.74. The number of rotatable bonds is 3. The average molecular weight is 242 g/mol. The molecule has 0 bridgehead atoms. The molecule has 8 heteroatoms. The summed E-state index contributed by atoms with van der Waals surface area (Å²) in [6.45, 7) is 2.15. The van der Waals surface area contributed by atoms with E-state index in [0.717, 1.165) is 18.7 Å². The van der Waals surface area contributed by atoms with Crippen molar-refractivity contribution in [1.82, 2.24) is 0 Å². The Morgan fingerprint density at radius 3 is 2.19 bits per heavy atom. The summed E-state index contributed by atoms with van der Waals surface area (Å²) >= 11 is 0. The number of quaternary nitrogens is 1. The summed E-state index contributed by atoms with van der Waals surface area (Å²) in [4.78, 5) is 5.54. The molecule has 1 aliphatic rings. The van der Waals surface area contributed by atoms with Crippen molar-refractivity contribution >= 4 is 13.1 Å². The average Bonchev–Trinajstić information content (AvgIpc) is 2.45. The van der Waals surface area contributed by atoms with Crippen LogP contribution in [0.3, 0.4) is 0 Å². The van der Waals surface area contributed by atoms with Gasteiger partial charge in [-0.2, -0.15) is 4.99 Å². The van der Waals surface area contributed by atoms with Gasteiger partial charge in [0.15, 0.2) is 6.20 Å². The summed E-state index contributed by atoms with van der Waals surface area (Å²) in [5, 5.41) is 0. The van der Waals surface area contributed by atoms with Crippen molar-refractivity contribution in [1.29, 1.82) is 0 Å². The number of nitrogens with zero attached hydrogens (tertiary/aromatic N) is 1. The van der Waals surface area contributed by atoms with Gasteiger partial charge in [-0.05, 0) is 6.42 Å². The van der Waals surface area contributed by atoms with E-state index >= 15 is 0 Å². The van der Waals surface area contributed by atoms with Crippen molar-refractivity contribution in [2.75, 3.05) is 14.2 Å². The lowest BCUT2D eigenvalue weighted by atomic mass is 10.3. The maximum Gasteiger partial charge on any atom is 0.673 e. The minimum Gasteiger partial charge on any atom is -0.477 e. The predicted molar refractivity (Wildman–Crippen MR) is 54.5 cm³/mol. The minimum absolute atomic E-state index is 0.742. The van der Waals surface area contributed by atoms with Crippen LogP contribution in [0.1, 0.15) is 19.8 Å². The standard InChI is InChI=1S/C8H14N2O.BF4/c1-4-5-7-9-8(11-3)6-10(7)2;2-1(3,4)5/h6H,4-5H2,1-3H3;/q;-1/p+1. The van der Waals surface area contributed by atoms with Crippen molar-refractivity contribution in [2.45, 2.75) is 19.8 Å². The second-order valence-corrected chi connectivity index (χ2v) is 3.17. The lowest BCUT2D eigenvalue weighted by Gasteiger charge is -2.01. The number of aliphatic imine (C=N–C) groups is 1. The maximum absolute atomic E-state index is 9.75. The molecule has 1 heterocycles. The summed E-state index contributed by atoms with van der Waals surface area (Å²) in [6, 6.07) is 0. The van der Waals surface area contributed by atoms with Crippen LogP contribution in [0.25, 0.3) is 0 Å². The van der Waals surface area contributed by atoms with E-state index in [1.54, 1.807) is 7.11 Å². The number of halogens is 4. The Balaban J connectivity index is 0.000000385. The first-order valence-electron chi connectivity index (χ1n) is 4.82. The van der Waals surface area contributed by atoms with Crippen LogP contribution in [0.4, 0.5) is 17.3 Å². The summed E-state index contributed by atoms with van der Waals surface area (Å²) in [5.41, 5.74) is 0. The zero-order valence-electron chi connectivity index (χ0n) is 9.44. The van der Waals surface area contributed by atoms with Crippen LogP contribution in [-0.2, 0) is 4.74 Å². The molecule has 0 saturated heterocycles. The number of ether oxygens (including phenoxy) is 1. The van der Waals surface area contributed by atoms with Crippen LogP contribution in [0.5, 0.6) is 0 Å². The van der Waals surface area contributed by atoms with Crippen molar-refractivity contribution < 1.29 is 26.9 Å². The van der Waals surface area contributed by atoms with E-state index in [4.69, 9.17) is 4.74 Å². The molecule has 0 fully saturated rings. The molecule has 0 aromatic carbocycles. The maximum atomic E-state index is 9.75. The topological polar surface area (TPSA) is 26.0 Å². The summed E-state index contributed by atoms with van der Waals surface area (Å²) in [7, 11) is -2.28. The highest BCUT2D eigenvalue weighted by atomic mass is 19.5. The number of hydrogen-bond acceptors (Lipinski definition) is 2. The van der Waals surface area contributed by atoms with Crippen LogP contribution >= 0.6 is 0 Å². The van der Waals surface area contributed by atoms with Crippen molar-refractivity contribution in [3.05, 3.63) is 12.1 Å². The van der Waals surface area contributed by atoms with Crippen molar-refractivity contribution in [2.24, 2.45) is 4.99 Å². The van der Waals surface area contributed by atoms with Crippen molar-refractivity contribution in [3.8, 4) is 0 Å². The molecular formula is C8H15BF4N2O. The number of methoxy groups -OCH3 is 1. The van der Waals surface area contributed by atoms with Crippen LogP contribution in [0, 0.1) is 0 Å². The van der Waals surface area contributed by atoms with E-state index in [0.29, 0.717) is 0 Å². The Hall–Kier alpha value is -1.05. The molecule has 1 unspecified atom stereocenters. The third-order valence-corrected chi connectivity index (χ3v) is 1.74. The van der Waals surface area contributed by atoms with Gasteiger partial charge in [0.2, 0.25) is 5.84 Å². The Labute approximate surface area is 91.9 Å². The molecule has 0 aromatic heterocycles. The Morgan fingerprint density at radius 2 is 1.88 bits per heavy atom. The third kappa shape index (κ3) is 7.27. The zero-order chi connectivity index (χ0) is 12.8. The molecule has 0 radical (unpaired) electrons. The molecule has 0 spiro atoms. The molecule has 3 nitrogen and oxygen atoms in total. The van der Waals surface area contributed by atoms with Crippen LogP contribution in [-0.4, -0.2) is 27.2 Å². The second-order valence-electron chi connectivity index (χ2n) is 3.17. The highest BCUT2D eigenvalue weighted by molar-refractivity contribution is 6.50. The van der Waals surface area contributed by atoms with Gasteiger partial charge in [-0.25, -0.2) is 0 Å². The molecule has 0 aromatic rings. The highest BCUT2D eigenvalue weighted by Crippen LogP contribution is 2.06. The van der Waals surface area contributed by atoms with E-state index in [1.165, 1.54) is 10.7 Å². The first kappa shape index (κ1) is 15.0. The summed E-state index contributed by atoms with van der Waals surface area (Å²) in [5.74, 6) is 1.91. The highest BCUT2D eigenvalue weighted by Gasteiger charge is 2.20. The van der Waals surface area contributed by atoms with Gasteiger partial charge in [-0.3, -0.25) is 4.90 Å². The van der Waals surface area contributed by atoms with Gasteiger partial charge in [0, 0.05) is 6.42 Å². The fourth-order valence-corrected chi connectivity index (χ4v) is 1.12. The SMILES string of the molecule is CCCC1=NC(OC)=C[NH+]1C.F[B-](F)(F)F. The lowest BCUT2D eigenvalue weighted by Crippen LogP contribution is -3.06. The van der Waals surface area contributed by atoms with Gasteiger partial charge < -0.3 is 22.0 Å². The molecule has 1 rings (SSSR count). The van der Waals surface area contributed by atoms with Crippen LogP contribution in [0.2, 0.25) is 0 Å². The molecule has 1 atom stereocenters. The van der Waals surface area contributed by atoms with E-state index in [-0.39, 0.29) is 0 Å². The van der Waals surface area contributed by atoms with Crippen molar-refractivity contribution in [3.63, 3.8) is 0 Å². The van der Waals surface area contributed by atoms with E-state index in [9.17, 15) is 17.3 Å². The summed E-state index contributed by atoms with van der Waals surface area (Å²) in [6.07, 6.45) is 4.17. The molecule has 1 N–H and O–H groups in total. The molecule has 94 valence electrons. The van der Waals surface area contributed by atoms with E-state index in [2.05, 4.69) is 19.0 Å². The molecule has 0 amide bonds. The van der Waals surface area contributed by atoms with Gasteiger partial charge in [-0.1, -0.05) is 6.92 Å². The predicted octanol–water partition coefficient (Wildman–Crippen LogP) is 1.46. The molecular weight excluding hydrogens is 227 g/mol. The van der Waals surface area contributed by atoms with Crippen LogP contribution in [0.15, 0.2) is 17.1 Å². The van der Waals surface area contributed by atoms with E-state index in [1.807, 2.05) is 6.20 Å². The van der Waals surface area contributed by atoms with Gasteiger partial charge in [0.1, 0.15) is 0 Å². The van der Waals surface area contributed by atoms with Gasteiger partial charge in [0.25, 0.3) is 5.88 Å².